The Labute approximate surface area is 323 Å². The minimum atomic E-state index is -2.48. The van der Waals surface area contributed by atoms with Gasteiger partial charge in [0.25, 0.3) is 11.5 Å². The number of aromatic nitrogens is 2. The van der Waals surface area contributed by atoms with E-state index in [0.29, 0.717) is 17.6 Å². The Balaban J connectivity index is 1.19. The Hall–Kier alpha value is -4.49. The lowest BCUT2D eigenvalue weighted by molar-refractivity contribution is -0.150. The lowest BCUT2D eigenvalue weighted by atomic mass is 9.82. The molecular weight excluding hydrogens is 764 g/mol. The molecule has 12 heteroatoms. The van der Waals surface area contributed by atoms with Crippen molar-refractivity contribution in [1.82, 2.24) is 14.7 Å². The van der Waals surface area contributed by atoms with E-state index in [1.165, 1.54) is 9.87 Å². The standard InChI is InChI=1S/C42H45BrN4O6Si/c1-26-39(54(3,4)32-17-15-31(52-2)16-18-32)37(23-38(49)45-20-8-11-30(45)25-48)53-42(26)34-22-28(43)14-19-36(34)46(41(42)51)24-27-9-7-10-29(21-27)47-40(50)33-12-5-6-13-35(33)44-47/h5-7,9-10,12-19,21-22,26,30,37,39,44,48H,8,11,20,23-25H2,1-4H3/t26-,30-,37+,39-,42+/m0/s1. The van der Waals surface area contributed by atoms with Gasteiger partial charge in [-0.2, -0.15) is 0 Å². The maximum absolute atomic E-state index is 15.3. The van der Waals surface area contributed by atoms with Crippen molar-refractivity contribution in [3.63, 3.8) is 0 Å². The third kappa shape index (κ3) is 5.85. The highest BCUT2D eigenvalue weighted by molar-refractivity contribution is 9.10. The summed E-state index contributed by atoms with van der Waals surface area (Å²) in [5.74, 6) is 0.273. The molecule has 54 heavy (non-hydrogen) atoms. The number of amides is 2. The van der Waals surface area contributed by atoms with Crippen LogP contribution in [0.5, 0.6) is 5.75 Å². The largest absolute Gasteiger partial charge is 0.497 e. The molecule has 5 aromatic rings. The molecule has 0 aliphatic carbocycles. The molecule has 10 nitrogen and oxygen atoms in total. The molecule has 1 spiro atoms. The first kappa shape index (κ1) is 36.5. The molecule has 5 atom stereocenters. The van der Waals surface area contributed by atoms with E-state index in [1.807, 2.05) is 72.8 Å². The molecule has 3 aliphatic heterocycles. The van der Waals surface area contributed by atoms with Crippen LogP contribution >= 0.6 is 15.9 Å². The molecule has 2 amide bonds. The number of fused-ring (bicyclic) bond motifs is 3. The average Bonchev–Trinajstić information content (AvgIpc) is 3.92. The fourth-order valence-electron chi connectivity index (χ4n) is 9.50. The monoisotopic (exact) mass is 808 g/mol. The molecule has 8 rings (SSSR count). The van der Waals surface area contributed by atoms with Gasteiger partial charge in [0.15, 0.2) is 5.60 Å². The summed E-state index contributed by atoms with van der Waals surface area (Å²) in [6.07, 6.45) is 1.21. The zero-order chi connectivity index (χ0) is 37.9. The zero-order valence-electron chi connectivity index (χ0n) is 30.9. The molecule has 280 valence electrons. The first-order valence-electron chi connectivity index (χ1n) is 18.6. The van der Waals surface area contributed by atoms with E-state index in [4.69, 9.17) is 9.47 Å². The van der Waals surface area contributed by atoms with E-state index in [1.54, 1.807) is 23.0 Å². The van der Waals surface area contributed by atoms with E-state index in [2.05, 4.69) is 53.2 Å². The maximum Gasteiger partial charge on any atom is 0.279 e. The van der Waals surface area contributed by atoms with Gasteiger partial charge in [-0.3, -0.25) is 19.5 Å². The lowest BCUT2D eigenvalue weighted by Gasteiger charge is -2.37. The molecule has 2 saturated heterocycles. The quantitative estimate of drug-likeness (QED) is 0.171. The highest BCUT2D eigenvalue weighted by Crippen LogP contribution is 2.60. The summed E-state index contributed by atoms with van der Waals surface area (Å²) < 4.78 is 15.1. The summed E-state index contributed by atoms with van der Waals surface area (Å²) in [6.45, 7) is 7.52. The summed E-state index contributed by atoms with van der Waals surface area (Å²) in [4.78, 5) is 46.3. The van der Waals surface area contributed by atoms with Crippen LogP contribution in [0.1, 0.15) is 37.3 Å². The summed E-state index contributed by atoms with van der Waals surface area (Å²) in [5, 5.41) is 15.1. The number of likely N-dealkylation sites (tertiary alicyclic amines) is 1. The SMILES string of the molecule is COc1ccc([Si](C)(C)[C@@H]2[C@@H](CC(=O)N3CCC[C@H]3CO)O[C@]3(C(=O)N(Cc4cccc(-n5[nH]c6ccccc6c5=O)c4)c4ccc(Br)cc43)[C@H]2C)cc1. The number of carbonyl (C=O) groups is 2. The second-order valence-electron chi connectivity index (χ2n) is 15.4. The Morgan fingerprint density at radius 3 is 2.56 bits per heavy atom. The van der Waals surface area contributed by atoms with Crippen molar-refractivity contribution >= 4 is 57.6 Å². The number of hydrogen-bond acceptors (Lipinski definition) is 6. The first-order valence-corrected chi connectivity index (χ1v) is 22.5. The number of methoxy groups -OCH3 is 1. The van der Waals surface area contributed by atoms with Gasteiger partial charge in [0, 0.05) is 22.5 Å². The van der Waals surface area contributed by atoms with Crippen LogP contribution < -0.4 is 20.4 Å². The minimum Gasteiger partial charge on any atom is -0.497 e. The topological polar surface area (TPSA) is 117 Å². The molecule has 4 aromatic carbocycles. The average molecular weight is 810 g/mol. The van der Waals surface area contributed by atoms with Crippen LogP contribution in [0.3, 0.4) is 0 Å². The number of nitrogens with one attached hydrogen (secondary N) is 1. The smallest absolute Gasteiger partial charge is 0.279 e. The van der Waals surface area contributed by atoms with E-state index < -0.39 is 19.8 Å². The van der Waals surface area contributed by atoms with Gasteiger partial charge in [0.1, 0.15) is 5.75 Å². The molecule has 1 aromatic heterocycles. The number of anilines is 1. The Morgan fingerprint density at radius 2 is 1.81 bits per heavy atom. The molecule has 0 bridgehead atoms. The predicted octanol–water partition coefficient (Wildman–Crippen LogP) is 6.23. The van der Waals surface area contributed by atoms with E-state index in [-0.39, 0.29) is 54.4 Å². The minimum absolute atomic E-state index is 0.0499. The van der Waals surface area contributed by atoms with Crippen LogP contribution in [-0.4, -0.2) is 72.1 Å². The van der Waals surface area contributed by atoms with E-state index >= 15 is 4.79 Å². The second kappa shape index (κ2) is 14.0. The Morgan fingerprint density at radius 1 is 1.04 bits per heavy atom. The summed E-state index contributed by atoms with van der Waals surface area (Å²) >= 11 is 3.69. The fourth-order valence-corrected chi connectivity index (χ4v) is 13.9. The summed E-state index contributed by atoms with van der Waals surface area (Å²) in [5.41, 5.74) is 2.22. The molecule has 0 radical (unpaired) electrons. The zero-order valence-corrected chi connectivity index (χ0v) is 33.5. The number of nitrogens with zero attached hydrogens (tertiary/aromatic N) is 3. The van der Waals surface area contributed by atoms with Gasteiger partial charge in [-0.1, -0.05) is 77.5 Å². The third-order valence-electron chi connectivity index (χ3n) is 12.2. The van der Waals surface area contributed by atoms with Gasteiger partial charge in [0.05, 0.1) is 69.2 Å². The van der Waals surface area contributed by atoms with Crippen molar-refractivity contribution in [1.29, 1.82) is 0 Å². The lowest BCUT2D eigenvalue weighted by Crippen LogP contribution is -2.52. The van der Waals surface area contributed by atoms with Gasteiger partial charge >= 0.3 is 0 Å². The number of H-pyrrole nitrogens is 1. The van der Waals surface area contributed by atoms with Crippen LogP contribution in [0.25, 0.3) is 16.6 Å². The van der Waals surface area contributed by atoms with Gasteiger partial charge < -0.3 is 24.4 Å². The molecule has 3 aliphatic rings. The summed E-state index contributed by atoms with van der Waals surface area (Å²) in [6, 6.07) is 29.0. The number of aliphatic hydroxyl groups is 1. The van der Waals surface area contributed by atoms with Crippen molar-refractivity contribution in [2.75, 3.05) is 25.2 Å². The van der Waals surface area contributed by atoms with Gasteiger partial charge in [-0.25, -0.2) is 4.68 Å². The maximum atomic E-state index is 15.3. The van der Waals surface area contributed by atoms with Crippen molar-refractivity contribution in [2.45, 2.75) is 69.1 Å². The van der Waals surface area contributed by atoms with E-state index in [0.717, 1.165) is 45.4 Å². The number of ether oxygens (including phenoxy) is 2. The number of hydrogen-bond donors (Lipinski definition) is 2. The van der Waals surface area contributed by atoms with Crippen LogP contribution in [0.4, 0.5) is 5.69 Å². The number of aromatic amines is 1. The van der Waals surface area contributed by atoms with Crippen LogP contribution in [0, 0.1) is 5.92 Å². The van der Waals surface area contributed by atoms with Crippen LogP contribution in [-0.2, 0) is 26.5 Å². The predicted molar refractivity (Wildman–Crippen MR) is 215 cm³/mol. The normalized spacial score (nSPS) is 23.9. The molecule has 2 N–H and O–H groups in total. The van der Waals surface area contributed by atoms with Crippen LogP contribution in [0.15, 0.2) is 100 Å². The van der Waals surface area contributed by atoms with Gasteiger partial charge in [-0.05, 0) is 78.5 Å². The first-order chi connectivity index (χ1) is 26.0. The molecular formula is C42H45BrN4O6Si. The number of aliphatic hydroxyl groups excluding tert-OH is 1. The molecule has 2 fully saturated rings. The highest BCUT2D eigenvalue weighted by Gasteiger charge is 2.66. The number of para-hydroxylation sites is 1. The van der Waals surface area contributed by atoms with Crippen molar-refractivity contribution in [3.8, 4) is 11.4 Å². The van der Waals surface area contributed by atoms with Crippen molar-refractivity contribution in [3.05, 3.63) is 117 Å². The number of carbonyl (C=O) groups excluding carboxylic acids is 2. The Bertz CT molecular complexity index is 2310. The Kier molecular flexibility index (Phi) is 9.44. The number of halogens is 1. The van der Waals surface area contributed by atoms with E-state index in [9.17, 15) is 14.7 Å². The second-order valence-corrected chi connectivity index (χ2v) is 21.1. The van der Waals surface area contributed by atoms with Gasteiger partial charge in [0.2, 0.25) is 5.91 Å². The number of benzene rings is 4. The van der Waals surface area contributed by atoms with Gasteiger partial charge in [-0.15, -0.1) is 0 Å². The summed E-state index contributed by atoms with van der Waals surface area (Å²) in [7, 11) is -0.826. The fraction of sp³-hybridized carbons (Fsp3) is 0.357. The highest BCUT2D eigenvalue weighted by atomic mass is 79.9. The van der Waals surface area contributed by atoms with Crippen LogP contribution in [0.2, 0.25) is 18.6 Å². The number of rotatable bonds is 9. The molecule has 0 saturated carbocycles. The van der Waals surface area contributed by atoms with Crippen molar-refractivity contribution < 1.29 is 24.2 Å². The molecule has 4 heterocycles. The molecule has 0 unspecified atom stereocenters. The third-order valence-corrected chi connectivity index (χ3v) is 17.0. The van der Waals surface area contributed by atoms with Crippen molar-refractivity contribution in [2.24, 2.45) is 5.92 Å².